The number of hydrogen-bond donors (Lipinski definition) is 1. The first kappa shape index (κ1) is 16.8. The molecule has 2 aliphatic rings. The van der Waals surface area contributed by atoms with E-state index in [1.807, 2.05) is 6.07 Å². The molecule has 0 amide bonds. The number of rotatable bonds is 3. The first-order valence-corrected chi connectivity index (χ1v) is 9.56. The Kier molecular flexibility index (Phi) is 4.65. The molecule has 1 aliphatic heterocycles. The Morgan fingerprint density at radius 1 is 1.32 bits per heavy atom. The number of nitrogens with zero attached hydrogens (tertiary/aromatic N) is 3. The van der Waals surface area contributed by atoms with Crippen molar-refractivity contribution in [3.63, 3.8) is 0 Å². The minimum Gasteiger partial charge on any atom is -0.444 e. The molecule has 2 aromatic rings. The molecule has 25 heavy (non-hydrogen) atoms. The van der Waals surface area contributed by atoms with E-state index in [1.165, 1.54) is 0 Å². The lowest BCUT2D eigenvalue weighted by Crippen LogP contribution is -2.39. The van der Waals surface area contributed by atoms with Crippen LogP contribution in [0.2, 0.25) is 0 Å². The molecule has 0 bridgehead atoms. The van der Waals surface area contributed by atoms with E-state index in [-0.39, 0.29) is 5.76 Å². The van der Waals surface area contributed by atoms with Crippen molar-refractivity contribution >= 4 is 32.7 Å². The number of furan rings is 1. The Morgan fingerprint density at radius 2 is 2.12 bits per heavy atom. The highest BCUT2D eigenvalue weighted by molar-refractivity contribution is 9.10. The summed E-state index contributed by atoms with van der Waals surface area (Å²) in [6, 6.07) is 4.62. The number of hydrogen-bond acceptors (Lipinski definition) is 5. The van der Waals surface area contributed by atoms with Gasteiger partial charge in [-0.05, 0) is 48.0 Å². The quantitative estimate of drug-likeness (QED) is 0.825. The third-order valence-electron chi connectivity index (χ3n) is 5.34. The van der Waals surface area contributed by atoms with Crippen LogP contribution in [0.5, 0.6) is 0 Å². The van der Waals surface area contributed by atoms with Gasteiger partial charge in [0.2, 0.25) is 5.76 Å². The fraction of sp³-hybridized carbons (Fsp3) is 0.556. The summed E-state index contributed by atoms with van der Waals surface area (Å²) in [5.41, 5.74) is 0.604. The van der Waals surface area contributed by atoms with E-state index >= 15 is 0 Å². The van der Waals surface area contributed by atoms with E-state index in [4.69, 9.17) is 9.68 Å². The summed E-state index contributed by atoms with van der Waals surface area (Å²) in [4.78, 5) is 6.75. The van der Waals surface area contributed by atoms with Crippen LogP contribution in [-0.4, -0.2) is 41.2 Å². The van der Waals surface area contributed by atoms with Crippen LogP contribution >= 0.6 is 15.9 Å². The fourth-order valence-electron chi connectivity index (χ4n) is 3.99. The van der Waals surface area contributed by atoms with Crippen molar-refractivity contribution in [2.45, 2.75) is 50.4 Å². The van der Waals surface area contributed by atoms with Crippen LogP contribution in [0.25, 0.3) is 11.0 Å². The molecule has 0 radical (unpaired) electrons. The van der Waals surface area contributed by atoms with Gasteiger partial charge >= 0.3 is 0 Å². The Hall–Kier alpha value is -1.65. The van der Waals surface area contributed by atoms with Crippen LogP contribution in [0.4, 0.5) is 10.2 Å². The Labute approximate surface area is 154 Å². The number of pyridine rings is 1. The van der Waals surface area contributed by atoms with Crippen LogP contribution in [0.1, 0.15) is 37.9 Å². The number of halogens is 2. The summed E-state index contributed by atoms with van der Waals surface area (Å²) < 4.78 is 19.6. The zero-order valence-corrected chi connectivity index (χ0v) is 15.4. The number of nitrogens with one attached hydrogen (secondary N) is 1. The highest BCUT2D eigenvalue weighted by atomic mass is 79.9. The SMILES string of the molecule is N#Cc1cc2c(Br)c(NC3CCC(N4CCC(F)C4)CC3)ncc2o1. The fourth-order valence-corrected chi connectivity index (χ4v) is 4.52. The molecule has 4 rings (SSSR count). The minimum atomic E-state index is -0.643. The summed E-state index contributed by atoms with van der Waals surface area (Å²) in [5.74, 6) is 1.07. The molecule has 5 nitrogen and oxygen atoms in total. The molecule has 1 saturated carbocycles. The largest absolute Gasteiger partial charge is 0.444 e. The van der Waals surface area contributed by atoms with E-state index in [2.05, 4.69) is 31.1 Å². The van der Waals surface area contributed by atoms with Crippen molar-refractivity contribution in [2.24, 2.45) is 0 Å². The highest BCUT2D eigenvalue weighted by Crippen LogP contribution is 2.34. The molecule has 1 aliphatic carbocycles. The molecular weight excluding hydrogens is 387 g/mol. The monoisotopic (exact) mass is 406 g/mol. The molecule has 2 fully saturated rings. The van der Waals surface area contributed by atoms with Crippen molar-refractivity contribution in [3.05, 3.63) is 22.5 Å². The molecule has 3 heterocycles. The zero-order valence-electron chi connectivity index (χ0n) is 13.8. The standard InChI is InChI=1S/C18H20BrFN4O/c19-17-15-7-14(8-21)25-16(15)9-22-18(17)23-12-1-3-13(4-2-12)24-6-5-11(20)10-24/h7,9,11-13H,1-6,10H2,(H,22,23). The van der Waals surface area contributed by atoms with Crippen molar-refractivity contribution in [1.82, 2.24) is 9.88 Å². The first-order chi connectivity index (χ1) is 12.1. The van der Waals surface area contributed by atoms with E-state index in [0.29, 0.717) is 30.6 Å². The van der Waals surface area contributed by atoms with Crippen LogP contribution in [0, 0.1) is 11.3 Å². The lowest BCUT2D eigenvalue weighted by atomic mass is 9.90. The van der Waals surface area contributed by atoms with E-state index in [1.54, 1.807) is 12.3 Å². The van der Waals surface area contributed by atoms with Crippen molar-refractivity contribution in [2.75, 3.05) is 18.4 Å². The van der Waals surface area contributed by atoms with E-state index in [9.17, 15) is 4.39 Å². The van der Waals surface area contributed by atoms with E-state index in [0.717, 1.165) is 47.9 Å². The van der Waals surface area contributed by atoms with Gasteiger partial charge in [-0.3, -0.25) is 4.90 Å². The van der Waals surface area contributed by atoms with Crippen LogP contribution in [-0.2, 0) is 0 Å². The van der Waals surface area contributed by atoms with Gasteiger partial charge < -0.3 is 9.73 Å². The molecule has 1 atom stereocenters. The maximum absolute atomic E-state index is 13.4. The molecule has 1 unspecified atom stereocenters. The maximum atomic E-state index is 13.4. The van der Waals surface area contributed by atoms with Crippen LogP contribution < -0.4 is 5.32 Å². The molecule has 2 aromatic heterocycles. The smallest absolute Gasteiger partial charge is 0.204 e. The average Bonchev–Trinajstić information content (AvgIpc) is 3.24. The maximum Gasteiger partial charge on any atom is 0.204 e. The van der Waals surface area contributed by atoms with Crippen molar-refractivity contribution in [1.29, 1.82) is 5.26 Å². The van der Waals surface area contributed by atoms with Gasteiger partial charge in [0.1, 0.15) is 18.1 Å². The molecular formula is C18H20BrFN4O. The third kappa shape index (κ3) is 3.38. The Morgan fingerprint density at radius 3 is 2.80 bits per heavy atom. The normalized spacial score (nSPS) is 27.5. The van der Waals surface area contributed by atoms with Crippen LogP contribution in [0.3, 0.4) is 0 Å². The molecule has 1 saturated heterocycles. The average molecular weight is 407 g/mol. The Balaban J connectivity index is 1.41. The Bertz CT molecular complexity index is 809. The first-order valence-electron chi connectivity index (χ1n) is 8.77. The van der Waals surface area contributed by atoms with Gasteiger partial charge in [0.05, 0.1) is 10.7 Å². The number of nitriles is 1. The van der Waals surface area contributed by atoms with Crippen molar-refractivity contribution < 1.29 is 8.81 Å². The molecule has 0 spiro atoms. The second kappa shape index (κ2) is 6.93. The van der Waals surface area contributed by atoms with Gasteiger partial charge in [-0.1, -0.05) is 0 Å². The van der Waals surface area contributed by atoms with Crippen LogP contribution in [0.15, 0.2) is 21.2 Å². The van der Waals surface area contributed by atoms with Crippen molar-refractivity contribution in [3.8, 4) is 6.07 Å². The summed E-state index contributed by atoms with van der Waals surface area (Å²) in [6.45, 7) is 1.50. The molecule has 0 aromatic carbocycles. The summed E-state index contributed by atoms with van der Waals surface area (Å²) >= 11 is 3.58. The topological polar surface area (TPSA) is 65.1 Å². The second-order valence-electron chi connectivity index (χ2n) is 6.95. The number of anilines is 1. The van der Waals surface area contributed by atoms with Gasteiger partial charge in [-0.2, -0.15) is 5.26 Å². The summed E-state index contributed by atoms with van der Waals surface area (Å²) in [5, 5.41) is 13.3. The predicted octanol–water partition coefficient (Wildman–Crippen LogP) is 4.23. The third-order valence-corrected chi connectivity index (χ3v) is 6.15. The number of alkyl halides is 1. The lowest BCUT2D eigenvalue weighted by molar-refractivity contribution is 0.173. The number of fused-ring (bicyclic) bond motifs is 1. The second-order valence-corrected chi connectivity index (χ2v) is 7.74. The predicted molar refractivity (Wildman–Crippen MR) is 97.2 cm³/mol. The van der Waals surface area contributed by atoms with Gasteiger partial charge in [-0.25, -0.2) is 9.37 Å². The molecule has 1 N–H and O–H groups in total. The van der Waals surface area contributed by atoms with Gasteiger partial charge in [0.25, 0.3) is 0 Å². The minimum absolute atomic E-state index is 0.284. The zero-order chi connectivity index (χ0) is 17.4. The lowest BCUT2D eigenvalue weighted by Gasteiger charge is -2.35. The van der Waals surface area contributed by atoms with Gasteiger partial charge in [0.15, 0.2) is 5.58 Å². The summed E-state index contributed by atoms with van der Waals surface area (Å²) in [6.07, 6.45) is 5.99. The number of aromatic nitrogens is 1. The number of likely N-dealkylation sites (tertiary alicyclic amines) is 1. The highest BCUT2D eigenvalue weighted by Gasteiger charge is 2.31. The van der Waals surface area contributed by atoms with Gasteiger partial charge in [0, 0.05) is 36.6 Å². The molecule has 7 heteroatoms. The molecule has 132 valence electrons. The van der Waals surface area contributed by atoms with Gasteiger partial charge in [-0.15, -0.1) is 0 Å². The van der Waals surface area contributed by atoms with E-state index < -0.39 is 6.17 Å². The summed E-state index contributed by atoms with van der Waals surface area (Å²) in [7, 11) is 0.